The Morgan fingerprint density at radius 2 is 2.20 bits per heavy atom. The normalized spacial score (nSPS) is 10.9. The number of aryl methyl sites for hydroxylation is 2. The maximum atomic E-state index is 4.53. The van der Waals surface area contributed by atoms with Crippen molar-refractivity contribution >= 4 is 27.3 Å². The molecule has 2 aromatic rings. The number of thiazole rings is 1. The Kier molecular flexibility index (Phi) is 3.21. The second-order valence-electron chi connectivity index (χ2n) is 3.20. The summed E-state index contributed by atoms with van der Waals surface area (Å²) in [4.78, 5) is 4.37. The van der Waals surface area contributed by atoms with Crippen molar-refractivity contribution < 1.29 is 0 Å². The molecule has 0 aromatic carbocycles. The standard InChI is InChI=1S/C10H12BrN3S/c1-3-7-5-8(4-2)14(13-7)10-12-9(11)6-15-10/h5-6H,3-4H2,1-2H3. The van der Waals surface area contributed by atoms with E-state index < -0.39 is 0 Å². The summed E-state index contributed by atoms with van der Waals surface area (Å²) in [5.41, 5.74) is 2.34. The number of nitrogens with zero attached hydrogens (tertiary/aromatic N) is 3. The minimum Gasteiger partial charge on any atom is -0.211 e. The van der Waals surface area contributed by atoms with Crippen LogP contribution in [0.4, 0.5) is 0 Å². The predicted octanol–water partition coefficient (Wildman–Crippen LogP) is 3.22. The molecule has 0 bridgehead atoms. The molecule has 0 N–H and O–H groups in total. The molecule has 0 aliphatic carbocycles. The molecule has 0 saturated carbocycles. The smallest absolute Gasteiger partial charge is 0.211 e. The van der Waals surface area contributed by atoms with Crippen LogP contribution < -0.4 is 0 Å². The molecule has 0 saturated heterocycles. The van der Waals surface area contributed by atoms with E-state index in [-0.39, 0.29) is 0 Å². The van der Waals surface area contributed by atoms with Crippen LogP contribution in [0.15, 0.2) is 16.0 Å². The van der Waals surface area contributed by atoms with Gasteiger partial charge < -0.3 is 0 Å². The van der Waals surface area contributed by atoms with Crippen molar-refractivity contribution in [3.63, 3.8) is 0 Å². The summed E-state index contributed by atoms with van der Waals surface area (Å²) in [6, 6.07) is 2.15. The van der Waals surface area contributed by atoms with E-state index in [4.69, 9.17) is 0 Å². The quantitative estimate of drug-likeness (QED) is 0.867. The topological polar surface area (TPSA) is 30.7 Å². The third-order valence-electron chi connectivity index (χ3n) is 2.20. The minimum absolute atomic E-state index is 0.873. The Hall–Kier alpha value is -0.680. The molecular formula is C10H12BrN3S. The highest BCUT2D eigenvalue weighted by Gasteiger charge is 2.09. The molecule has 0 spiro atoms. The second-order valence-corrected chi connectivity index (χ2v) is 4.85. The highest BCUT2D eigenvalue weighted by Crippen LogP contribution is 2.20. The van der Waals surface area contributed by atoms with E-state index in [2.05, 4.69) is 45.9 Å². The van der Waals surface area contributed by atoms with Gasteiger partial charge in [-0.15, -0.1) is 11.3 Å². The molecule has 2 aromatic heterocycles. The second kappa shape index (κ2) is 4.45. The zero-order valence-corrected chi connectivity index (χ0v) is 11.1. The number of rotatable bonds is 3. The lowest BCUT2D eigenvalue weighted by molar-refractivity contribution is 0.786. The van der Waals surface area contributed by atoms with Crippen LogP contribution in [-0.2, 0) is 12.8 Å². The lowest BCUT2D eigenvalue weighted by atomic mass is 10.3. The molecule has 2 heterocycles. The van der Waals surface area contributed by atoms with Crippen molar-refractivity contribution in [3.8, 4) is 5.13 Å². The van der Waals surface area contributed by atoms with Gasteiger partial charge in [-0.1, -0.05) is 13.8 Å². The predicted molar refractivity (Wildman–Crippen MR) is 65.7 cm³/mol. The zero-order chi connectivity index (χ0) is 10.8. The van der Waals surface area contributed by atoms with E-state index in [0.717, 1.165) is 28.3 Å². The molecular weight excluding hydrogens is 274 g/mol. The molecule has 2 rings (SSSR count). The van der Waals surface area contributed by atoms with Crippen molar-refractivity contribution in [3.05, 3.63) is 27.4 Å². The molecule has 5 heteroatoms. The maximum Gasteiger partial charge on any atom is 0.211 e. The van der Waals surface area contributed by atoms with Crippen LogP contribution in [0.25, 0.3) is 5.13 Å². The Bertz CT molecular complexity index is 461. The minimum atomic E-state index is 0.873. The lowest BCUT2D eigenvalue weighted by Gasteiger charge is -1.99. The average Bonchev–Trinajstić information content (AvgIpc) is 2.82. The first-order valence-electron chi connectivity index (χ1n) is 4.93. The molecule has 0 atom stereocenters. The summed E-state index contributed by atoms with van der Waals surface area (Å²) in [5.74, 6) is 0. The highest BCUT2D eigenvalue weighted by molar-refractivity contribution is 9.10. The van der Waals surface area contributed by atoms with Gasteiger partial charge in [-0.05, 0) is 34.8 Å². The van der Waals surface area contributed by atoms with Gasteiger partial charge >= 0.3 is 0 Å². The third-order valence-corrected chi connectivity index (χ3v) is 3.73. The number of hydrogen-bond acceptors (Lipinski definition) is 3. The summed E-state index contributed by atoms with van der Waals surface area (Å²) in [7, 11) is 0. The molecule has 0 aliphatic rings. The van der Waals surface area contributed by atoms with Gasteiger partial charge in [0, 0.05) is 11.1 Å². The first-order chi connectivity index (χ1) is 7.24. The summed E-state index contributed by atoms with van der Waals surface area (Å²) in [6.07, 6.45) is 1.94. The van der Waals surface area contributed by atoms with Crippen LogP contribution in [0.2, 0.25) is 0 Å². The Morgan fingerprint density at radius 3 is 2.73 bits per heavy atom. The van der Waals surface area contributed by atoms with Gasteiger partial charge in [0.25, 0.3) is 0 Å². The molecule has 0 aliphatic heterocycles. The molecule has 3 nitrogen and oxygen atoms in total. The fourth-order valence-electron chi connectivity index (χ4n) is 1.41. The molecule has 0 unspecified atom stereocenters. The van der Waals surface area contributed by atoms with E-state index in [9.17, 15) is 0 Å². The Morgan fingerprint density at radius 1 is 1.40 bits per heavy atom. The van der Waals surface area contributed by atoms with Crippen LogP contribution in [0.5, 0.6) is 0 Å². The highest BCUT2D eigenvalue weighted by atomic mass is 79.9. The van der Waals surface area contributed by atoms with Crippen molar-refractivity contribution in [1.82, 2.24) is 14.8 Å². The maximum absolute atomic E-state index is 4.53. The summed E-state index contributed by atoms with van der Waals surface area (Å²) in [5, 5.41) is 7.43. The molecule has 0 amide bonds. The summed E-state index contributed by atoms with van der Waals surface area (Å²) >= 11 is 4.96. The molecule has 0 radical (unpaired) electrons. The monoisotopic (exact) mass is 285 g/mol. The summed E-state index contributed by atoms with van der Waals surface area (Å²) < 4.78 is 2.81. The van der Waals surface area contributed by atoms with Crippen LogP contribution in [-0.4, -0.2) is 14.8 Å². The summed E-state index contributed by atoms with van der Waals surface area (Å²) in [6.45, 7) is 4.25. The van der Waals surface area contributed by atoms with Gasteiger partial charge in [0.05, 0.1) is 5.69 Å². The van der Waals surface area contributed by atoms with Gasteiger partial charge in [-0.3, -0.25) is 0 Å². The van der Waals surface area contributed by atoms with Crippen LogP contribution in [0, 0.1) is 0 Å². The lowest BCUT2D eigenvalue weighted by Crippen LogP contribution is -2.00. The van der Waals surface area contributed by atoms with E-state index in [1.165, 1.54) is 5.69 Å². The zero-order valence-electron chi connectivity index (χ0n) is 8.70. The third kappa shape index (κ3) is 2.13. The molecule has 0 fully saturated rings. The Balaban J connectivity index is 2.46. The SMILES string of the molecule is CCc1cc(CC)n(-c2nc(Br)cs2)n1. The van der Waals surface area contributed by atoms with Crippen molar-refractivity contribution in [2.75, 3.05) is 0 Å². The van der Waals surface area contributed by atoms with E-state index in [1.54, 1.807) is 11.3 Å². The van der Waals surface area contributed by atoms with Crippen LogP contribution >= 0.6 is 27.3 Å². The van der Waals surface area contributed by atoms with Crippen LogP contribution in [0.3, 0.4) is 0 Å². The largest absolute Gasteiger partial charge is 0.211 e. The van der Waals surface area contributed by atoms with E-state index in [1.807, 2.05) is 10.1 Å². The van der Waals surface area contributed by atoms with Crippen molar-refractivity contribution in [2.24, 2.45) is 0 Å². The fourth-order valence-corrected chi connectivity index (χ4v) is 2.64. The first-order valence-corrected chi connectivity index (χ1v) is 6.61. The van der Waals surface area contributed by atoms with E-state index >= 15 is 0 Å². The average molecular weight is 286 g/mol. The number of hydrogen-bond donors (Lipinski definition) is 0. The van der Waals surface area contributed by atoms with Crippen LogP contribution in [0.1, 0.15) is 25.2 Å². The van der Waals surface area contributed by atoms with Gasteiger partial charge in [0.2, 0.25) is 5.13 Å². The molecule has 80 valence electrons. The number of aromatic nitrogens is 3. The van der Waals surface area contributed by atoms with Gasteiger partial charge in [0.1, 0.15) is 4.60 Å². The molecule has 15 heavy (non-hydrogen) atoms. The van der Waals surface area contributed by atoms with Gasteiger partial charge in [-0.2, -0.15) is 5.10 Å². The van der Waals surface area contributed by atoms with E-state index in [0.29, 0.717) is 0 Å². The van der Waals surface area contributed by atoms with Gasteiger partial charge in [0.15, 0.2) is 0 Å². The van der Waals surface area contributed by atoms with Crippen molar-refractivity contribution in [1.29, 1.82) is 0 Å². The van der Waals surface area contributed by atoms with Crippen molar-refractivity contribution in [2.45, 2.75) is 26.7 Å². The van der Waals surface area contributed by atoms with Gasteiger partial charge in [-0.25, -0.2) is 9.67 Å². The Labute approximate surface area is 101 Å². The first kappa shape index (κ1) is 10.8. The number of halogens is 1. The fraction of sp³-hybridized carbons (Fsp3) is 0.400.